The van der Waals surface area contributed by atoms with E-state index in [-0.39, 0.29) is 5.56 Å². The summed E-state index contributed by atoms with van der Waals surface area (Å²) in [5, 5.41) is 3.86. The van der Waals surface area contributed by atoms with Crippen LogP contribution in [0.2, 0.25) is 5.02 Å². The molecule has 0 saturated heterocycles. The molecule has 0 amide bonds. The Kier molecular flexibility index (Phi) is 2.76. The number of nitrogens with one attached hydrogen (secondary N) is 1. The average Bonchev–Trinajstić information content (AvgIpc) is 2.69. The number of hydrogen-bond acceptors (Lipinski definition) is 2. The third-order valence-electron chi connectivity index (χ3n) is 2.90. The number of benzene rings is 1. The highest BCUT2D eigenvalue weighted by atomic mass is 35.5. The van der Waals surface area contributed by atoms with Crippen molar-refractivity contribution in [2.75, 3.05) is 5.75 Å². The molecule has 1 aromatic carbocycles. The van der Waals surface area contributed by atoms with Crippen LogP contribution in [0, 0.1) is 0 Å². The van der Waals surface area contributed by atoms with E-state index in [1.165, 1.54) is 0 Å². The van der Waals surface area contributed by atoms with Gasteiger partial charge in [-0.15, -0.1) is 0 Å². The Balaban J connectivity index is 2.12. The van der Waals surface area contributed by atoms with Gasteiger partial charge in [0.2, 0.25) is 0 Å². The number of nitrogens with zero attached hydrogens (tertiary/aromatic N) is 1. The van der Waals surface area contributed by atoms with E-state index in [1.807, 2.05) is 23.9 Å². The molecule has 2 aromatic rings. The molecule has 3 rings (SSSR count). The van der Waals surface area contributed by atoms with E-state index in [4.69, 9.17) is 11.6 Å². The van der Waals surface area contributed by atoms with E-state index >= 15 is 0 Å². The van der Waals surface area contributed by atoms with Gasteiger partial charge >= 0.3 is 0 Å². The summed E-state index contributed by atoms with van der Waals surface area (Å²) in [5.74, 6) is 1.89. The highest BCUT2D eigenvalue weighted by Crippen LogP contribution is 2.21. The minimum atomic E-state index is 0.0644. The second kappa shape index (κ2) is 4.27. The molecule has 0 saturated carbocycles. The maximum absolute atomic E-state index is 12.2. The van der Waals surface area contributed by atoms with Gasteiger partial charge < -0.3 is 0 Å². The van der Waals surface area contributed by atoms with Gasteiger partial charge in [0.25, 0.3) is 5.56 Å². The fourth-order valence-electron chi connectivity index (χ4n) is 1.99. The Bertz CT molecular complexity index is 600. The van der Waals surface area contributed by atoms with Crippen molar-refractivity contribution in [3.05, 3.63) is 50.9 Å². The first kappa shape index (κ1) is 11.0. The van der Waals surface area contributed by atoms with Gasteiger partial charge in [-0.25, -0.2) is 4.68 Å². The van der Waals surface area contributed by atoms with Crippen molar-refractivity contribution in [3.8, 4) is 5.69 Å². The highest BCUT2D eigenvalue weighted by Gasteiger charge is 2.18. The smallest absolute Gasteiger partial charge is 0.275 e. The second-order valence-corrected chi connectivity index (χ2v) is 5.53. The Labute approximate surface area is 108 Å². The number of fused-ring (bicyclic) bond motifs is 1. The van der Waals surface area contributed by atoms with Gasteiger partial charge in [-0.1, -0.05) is 11.6 Å². The Morgan fingerprint density at radius 1 is 1.29 bits per heavy atom. The number of aryl methyl sites for hydroxylation is 1. The molecule has 1 N–H and O–H groups in total. The summed E-state index contributed by atoms with van der Waals surface area (Å²) in [5.41, 5.74) is 2.88. The third-order valence-corrected chi connectivity index (χ3v) is 4.14. The molecule has 88 valence electrons. The molecule has 1 aliphatic rings. The monoisotopic (exact) mass is 266 g/mol. The minimum absolute atomic E-state index is 0.0644. The molecule has 0 atom stereocenters. The Hall–Kier alpha value is -1.13. The highest BCUT2D eigenvalue weighted by molar-refractivity contribution is 7.98. The molecular weight excluding hydrogens is 256 g/mol. The number of halogens is 1. The average molecular weight is 267 g/mol. The number of aromatic amines is 1. The maximum atomic E-state index is 12.2. The lowest BCUT2D eigenvalue weighted by Gasteiger charge is -2.07. The number of rotatable bonds is 1. The summed E-state index contributed by atoms with van der Waals surface area (Å²) >= 11 is 7.65. The van der Waals surface area contributed by atoms with Gasteiger partial charge in [0, 0.05) is 22.0 Å². The van der Waals surface area contributed by atoms with Gasteiger partial charge in [0.15, 0.2) is 0 Å². The van der Waals surface area contributed by atoms with Crippen molar-refractivity contribution in [1.82, 2.24) is 9.78 Å². The lowest BCUT2D eigenvalue weighted by molar-refractivity contribution is 0.821. The van der Waals surface area contributed by atoms with Crippen molar-refractivity contribution in [3.63, 3.8) is 0 Å². The van der Waals surface area contributed by atoms with Crippen LogP contribution < -0.4 is 5.56 Å². The zero-order chi connectivity index (χ0) is 11.8. The largest absolute Gasteiger partial charge is 0.295 e. The number of H-pyrrole nitrogens is 1. The molecule has 2 heterocycles. The predicted molar refractivity (Wildman–Crippen MR) is 71.3 cm³/mol. The molecule has 3 nitrogen and oxygen atoms in total. The second-order valence-electron chi connectivity index (χ2n) is 3.99. The maximum Gasteiger partial charge on any atom is 0.275 e. The predicted octanol–water partition coefficient (Wildman–Crippen LogP) is 2.61. The zero-order valence-electron chi connectivity index (χ0n) is 9.07. The molecule has 1 aliphatic heterocycles. The molecule has 0 radical (unpaired) electrons. The first-order valence-corrected chi connectivity index (χ1v) is 6.95. The van der Waals surface area contributed by atoms with Crippen molar-refractivity contribution < 1.29 is 0 Å². The summed E-state index contributed by atoms with van der Waals surface area (Å²) < 4.78 is 1.60. The first-order valence-electron chi connectivity index (χ1n) is 5.42. The Morgan fingerprint density at radius 2 is 2.06 bits per heavy atom. The lowest BCUT2D eigenvalue weighted by Crippen LogP contribution is -2.17. The number of aromatic nitrogens is 2. The fraction of sp³-hybridized carbons (Fsp3) is 0.250. The van der Waals surface area contributed by atoms with Gasteiger partial charge in [-0.3, -0.25) is 9.89 Å². The van der Waals surface area contributed by atoms with Gasteiger partial charge in [-0.2, -0.15) is 11.8 Å². The van der Waals surface area contributed by atoms with Crippen LogP contribution in [0.5, 0.6) is 0 Å². The Morgan fingerprint density at radius 3 is 2.76 bits per heavy atom. The molecule has 0 aliphatic carbocycles. The lowest BCUT2D eigenvalue weighted by atomic mass is 10.2. The molecule has 5 heteroatoms. The molecule has 17 heavy (non-hydrogen) atoms. The summed E-state index contributed by atoms with van der Waals surface area (Å²) in [6.45, 7) is 0. The van der Waals surface area contributed by atoms with Gasteiger partial charge in [-0.05, 0) is 36.4 Å². The van der Waals surface area contributed by atoms with Crippen molar-refractivity contribution in [2.24, 2.45) is 0 Å². The van der Waals surface area contributed by atoms with Crippen LogP contribution in [0.4, 0.5) is 0 Å². The third kappa shape index (κ3) is 1.91. The van der Waals surface area contributed by atoms with E-state index in [0.29, 0.717) is 5.02 Å². The van der Waals surface area contributed by atoms with Gasteiger partial charge in [0.05, 0.1) is 5.69 Å². The zero-order valence-corrected chi connectivity index (χ0v) is 10.6. The number of thioether (sulfide) groups is 1. The molecular formula is C12H11ClN2OS. The molecule has 0 unspecified atom stereocenters. The minimum Gasteiger partial charge on any atom is -0.295 e. The van der Waals surface area contributed by atoms with Crippen LogP contribution in [0.1, 0.15) is 11.3 Å². The van der Waals surface area contributed by atoms with Crippen LogP contribution in [0.15, 0.2) is 29.1 Å². The summed E-state index contributed by atoms with van der Waals surface area (Å²) in [7, 11) is 0. The van der Waals surface area contributed by atoms with Crippen LogP contribution >= 0.6 is 23.4 Å². The van der Waals surface area contributed by atoms with E-state index in [1.54, 1.807) is 16.8 Å². The first-order chi connectivity index (χ1) is 8.25. The SMILES string of the molecule is O=c1c2c([nH]n1-c1ccc(Cl)cc1)CCSC2. The normalized spacial score (nSPS) is 14.6. The fourth-order valence-corrected chi connectivity index (χ4v) is 3.11. The standard InChI is InChI=1S/C12H11ClN2OS/c13-8-1-3-9(4-2-8)15-12(16)10-7-17-6-5-11(10)14-15/h1-4,14H,5-7H2. The summed E-state index contributed by atoms with van der Waals surface area (Å²) in [4.78, 5) is 12.2. The molecule has 1 aromatic heterocycles. The van der Waals surface area contributed by atoms with E-state index in [0.717, 1.165) is 34.9 Å². The van der Waals surface area contributed by atoms with Crippen LogP contribution in [0.25, 0.3) is 5.69 Å². The van der Waals surface area contributed by atoms with Gasteiger partial charge in [0.1, 0.15) is 0 Å². The van der Waals surface area contributed by atoms with Crippen LogP contribution in [-0.4, -0.2) is 15.5 Å². The van der Waals surface area contributed by atoms with Crippen molar-refractivity contribution in [1.29, 1.82) is 0 Å². The van der Waals surface area contributed by atoms with Crippen molar-refractivity contribution in [2.45, 2.75) is 12.2 Å². The van der Waals surface area contributed by atoms with Crippen LogP contribution in [-0.2, 0) is 12.2 Å². The van der Waals surface area contributed by atoms with Crippen LogP contribution in [0.3, 0.4) is 0 Å². The summed E-state index contributed by atoms with van der Waals surface area (Å²) in [6, 6.07) is 7.27. The van der Waals surface area contributed by atoms with E-state index in [9.17, 15) is 4.79 Å². The number of hydrogen-bond donors (Lipinski definition) is 1. The molecule has 0 spiro atoms. The van der Waals surface area contributed by atoms with E-state index in [2.05, 4.69) is 5.10 Å². The molecule has 0 fully saturated rings. The summed E-state index contributed by atoms with van der Waals surface area (Å²) in [6.07, 6.45) is 0.940. The topological polar surface area (TPSA) is 37.8 Å². The van der Waals surface area contributed by atoms with Crippen molar-refractivity contribution >= 4 is 23.4 Å². The molecule has 0 bridgehead atoms. The van der Waals surface area contributed by atoms with E-state index < -0.39 is 0 Å². The quantitative estimate of drug-likeness (QED) is 0.862.